The van der Waals surface area contributed by atoms with Gasteiger partial charge in [0.1, 0.15) is 5.75 Å². The van der Waals surface area contributed by atoms with Crippen LogP contribution >= 0.6 is 0 Å². The van der Waals surface area contributed by atoms with Crippen molar-refractivity contribution in [3.05, 3.63) is 77.9 Å². The van der Waals surface area contributed by atoms with Gasteiger partial charge < -0.3 is 14.2 Å². The molecule has 0 unspecified atom stereocenters. The predicted molar refractivity (Wildman–Crippen MR) is 122 cm³/mol. The van der Waals surface area contributed by atoms with Gasteiger partial charge in [-0.1, -0.05) is 24.3 Å². The SMILES string of the molecule is COc1ccc(S(=O)(=O)N(c2ccc(OC)c(OC)c2)[C@@H](C)c2ccccc2C)cc1. The lowest BCUT2D eigenvalue weighted by Gasteiger charge is -2.32. The van der Waals surface area contributed by atoms with Crippen LogP contribution in [0.5, 0.6) is 17.2 Å². The molecule has 0 aliphatic rings. The second-order valence-electron chi connectivity index (χ2n) is 7.05. The Labute approximate surface area is 184 Å². The topological polar surface area (TPSA) is 65.1 Å². The van der Waals surface area contributed by atoms with Crippen molar-refractivity contribution in [1.29, 1.82) is 0 Å². The fraction of sp³-hybridized carbons (Fsp3) is 0.250. The van der Waals surface area contributed by atoms with Crippen molar-refractivity contribution in [2.24, 2.45) is 0 Å². The van der Waals surface area contributed by atoms with Crippen LogP contribution in [0.1, 0.15) is 24.1 Å². The zero-order chi connectivity index (χ0) is 22.6. The summed E-state index contributed by atoms with van der Waals surface area (Å²) in [5.41, 5.74) is 2.39. The van der Waals surface area contributed by atoms with E-state index in [1.807, 2.05) is 38.1 Å². The molecule has 6 nitrogen and oxygen atoms in total. The summed E-state index contributed by atoms with van der Waals surface area (Å²) in [5.74, 6) is 1.56. The molecular formula is C24H27NO5S. The van der Waals surface area contributed by atoms with Gasteiger partial charge in [-0.05, 0) is 61.4 Å². The van der Waals surface area contributed by atoms with Crippen LogP contribution < -0.4 is 18.5 Å². The van der Waals surface area contributed by atoms with Gasteiger partial charge in [0.05, 0.1) is 38.0 Å². The number of aryl methyl sites for hydroxylation is 1. The Morgan fingerprint density at radius 2 is 1.45 bits per heavy atom. The van der Waals surface area contributed by atoms with Crippen LogP contribution in [0.25, 0.3) is 0 Å². The monoisotopic (exact) mass is 441 g/mol. The van der Waals surface area contributed by atoms with E-state index in [-0.39, 0.29) is 4.90 Å². The number of hydrogen-bond acceptors (Lipinski definition) is 5. The number of hydrogen-bond donors (Lipinski definition) is 0. The lowest BCUT2D eigenvalue weighted by Crippen LogP contribution is -2.34. The molecule has 0 aliphatic heterocycles. The summed E-state index contributed by atoms with van der Waals surface area (Å²) >= 11 is 0. The van der Waals surface area contributed by atoms with Gasteiger partial charge in [0.15, 0.2) is 11.5 Å². The van der Waals surface area contributed by atoms with Crippen LogP contribution in [-0.4, -0.2) is 29.7 Å². The van der Waals surface area contributed by atoms with Crippen molar-refractivity contribution in [1.82, 2.24) is 0 Å². The van der Waals surface area contributed by atoms with Crippen LogP contribution in [0, 0.1) is 6.92 Å². The first-order valence-electron chi connectivity index (χ1n) is 9.79. The van der Waals surface area contributed by atoms with Gasteiger partial charge in [-0.15, -0.1) is 0 Å². The first-order chi connectivity index (χ1) is 14.8. The molecule has 0 aliphatic carbocycles. The number of nitrogens with zero attached hydrogens (tertiary/aromatic N) is 1. The van der Waals surface area contributed by atoms with E-state index in [0.717, 1.165) is 11.1 Å². The van der Waals surface area contributed by atoms with Gasteiger partial charge in [0.2, 0.25) is 0 Å². The molecule has 3 aromatic carbocycles. The molecule has 0 fully saturated rings. The molecule has 0 spiro atoms. The van der Waals surface area contributed by atoms with E-state index in [9.17, 15) is 8.42 Å². The standard InChI is InChI=1S/C24H27NO5S/c1-17-8-6-7-9-22(17)18(2)25(19-10-15-23(29-4)24(16-19)30-5)31(26,27)21-13-11-20(28-3)12-14-21/h6-16,18H,1-5H3/t18-/m0/s1. The normalized spacial score (nSPS) is 12.2. The fourth-order valence-corrected chi connectivity index (χ4v) is 5.20. The summed E-state index contributed by atoms with van der Waals surface area (Å²) in [7, 11) is 0.699. The summed E-state index contributed by atoms with van der Waals surface area (Å²) in [6, 6.07) is 18.8. The lowest BCUT2D eigenvalue weighted by molar-refractivity contribution is 0.355. The summed E-state index contributed by atoms with van der Waals surface area (Å²) < 4.78 is 45.0. The van der Waals surface area contributed by atoms with Crippen LogP contribution in [0.4, 0.5) is 5.69 Å². The zero-order valence-electron chi connectivity index (χ0n) is 18.3. The number of ether oxygens (including phenoxy) is 3. The molecule has 0 saturated carbocycles. The highest BCUT2D eigenvalue weighted by molar-refractivity contribution is 7.92. The second-order valence-corrected chi connectivity index (χ2v) is 8.86. The Bertz CT molecular complexity index is 1140. The molecule has 0 saturated heterocycles. The van der Waals surface area contributed by atoms with E-state index in [0.29, 0.717) is 22.9 Å². The molecule has 0 amide bonds. The maximum absolute atomic E-state index is 13.8. The van der Waals surface area contributed by atoms with Gasteiger partial charge >= 0.3 is 0 Å². The molecule has 31 heavy (non-hydrogen) atoms. The minimum atomic E-state index is -3.91. The van der Waals surface area contributed by atoms with Crippen LogP contribution in [-0.2, 0) is 10.0 Å². The second kappa shape index (κ2) is 9.31. The third-order valence-corrected chi connectivity index (χ3v) is 7.14. The molecule has 0 heterocycles. The number of benzene rings is 3. The Balaban J connectivity index is 2.20. The molecule has 0 bridgehead atoms. The average Bonchev–Trinajstić information content (AvgIpc) is 2.79. The molecule has 3 rings (SSSR count). The molecule has 164 valence electrons. The van der Waals surface area contributed by atoms with Crippen molar-refractivity contribution in [3.63, 3.8) is 0 Å². The van der Waals surface area contributed by atoms with Crippen molar-refractivity contribution in [2.75, 3.05) is 25.6 Å². The molecule has 3 aromatic rings. The Kier molecular flexibility index (Phi) is 6.75. The van der Waals surface area contributed by atoms with Gasteiger partial charge in [-0.2, -0.15) is 0 Å². The smallest absolute Gasteiger partial charge is 0.264 e. The first-order valence-corrected chi connectivity index (χ1v) is 11.2. The Morgan fingerprint density at radius 3 is 2.03 bits per heavy atom. The molecule has 0 N–H and O–H groups in total. The predicted octanol–water partition coefficient (Wildman–Crippen LogP) is 4.98. The molecule has 1 atom stereocenters. The number of rotatable bonds is 8. The van der Waals surface area contributed by atoms with E-state index in [1.54, 1.807) is 56.7 Å². The van der Waals surface area contributed by atoms with Crippen molar-refractivity contribution in [3.8, 4) is 17.2 Å². The van der Waals surface area contributed by atoms with Gasteiger partial charge in [-0.25, -0.2) is 8.42 Å². The average molecular weight is 442 g/mol. The van der Waals surface area contributed by atoms with E-state index in [4.69, 9.17) is 14.2 Å². The van der Waals surface area contributed by atoms with E-state index >= 15 is 0 Å². The van der Waals surface area contributed by atoms with Gasteiger partial charge in [0.25, 0.3) is 10.0 Å². The van der Waals surface area contributed by atoms with Crippen LogP contribution in [0.15, 0.2) is 71.6 Å². The molecular weight excluding hydrogens is 414 g/mol. The quantitative estimate of drug-likeness (QED) is 0.493. The third kappa shape index (κ3) is 4.46. The van der Waals surface area contributed by atoms with Crippen LogP contribution in [0.3, 0.4) is 0 Å². The minimum Gasteiger partial charge on any atom is -0.497 e. The maximum atomic E-state index is 13.8. The molecule has 7 heteroatoms. The largest absolute Gasteiger partial charge is 0.497 e. The summed E-state index contributed by atoms with van der Waals surface area (Å²) in [4.78, 5) is 0.170. The summed E-state index contributed by atoms with van der Waals surface area (Å²) in [6.07, 6.45) is 0. The van der Waals surface area contributed by atoms with Gasteiger partial charge in [-0.3, -0.25) is 4.31 Å². The van der Waals surface area contributed by atoms with Crippen LogP contribution in [0.2, 0.25) is 0 Å². The van der Waals surface area contributed by atoms with Crippen molar-refractivity contribution >= 4 is 15.7 Å². The Morgan fingerprint density at radius 1 is 0.806 bits per heavy atom. The third-order valence-electron chi connectivity index (χ3n) is 5.23. The van der Waals surface area contributed by atoms with E-state index < -0.39 is 16.1 Å². The first kappa shape index (κ1) is 22.5. The highest BCUT2D eigenvalue weighted by Gasteiger charge is 2.31. The van der Waals surface area contributed by atoms with Crippen molar-refractivity contribution in [2.45, 2.75) is 24.8 Å². The number of sulfonamides is 1. The number of anilines is 1. The summed E-state index contributed by atoms with van der Waals surface area (Å²) in [6.45, 7) is 3.85. The maximum Gasteiger partial charge on any atom is 0.264 e. The zero-order valence-corrected chi connectivity index (χ0v) is 19.1. The highest BCUT2D eigenvalue weighted by Crippen LogP contribution is 2.39. The van der Waals surface area contributed by atoms with E-state index in [2.05, 4.69) is 0 Å². The fourth-order valence-electron chi connectivity index (χ4n) is 3.58. The van der Waals surface area contributed by atoms with Gasteiger partial charge in [0, 0.05) is 6.07 Å². The molecule has 0 radical (unpaired) electrons. The minimum absolute atomic E-state index is 0.170. The highest BCUT2D eigenvalue weighted by atomic mass is 32.2. The number of methoxy groups -OCH3 is 3. The molecule has 0 aromatic heterocycles. The van der Waals surface area contributed by atoms with Crippen molar-refractivity contribution < 1.29 is 22.6 Å². The Hall–Kier alpha value is -3.19. The lowest BCUT2D eigenvalue weighted by atomic mass is 10.0. The van der Waals surface area contributed by atoms with E-state index in [1.165, 1.54) is 11.4 Å². The summed E-state index contributed by atoms with van der Waals surface area (Å²) in [5, 5.41) is 0.